The van der Waals surface area contributed by atoms with Gasteiger partial charge in [0.2, 0.25) is 0 Å². The largest absolute Gasteiger partial charge is 0.344 e. The van der Waals surface area contributed by atoms with E-state index in [1.807, 2.05) is 77.9 Å². The van der Waals surface area contributed by atoms with Crippen LogP contribution in [0.5, 0.6) is 0 Å². The summed E-state index contributed by atoms with van der Waals surface area (Å²) in [7, 11) is 2.12. The number of nitrogens with zero attached hydrogens (tertiary/aromatic N) is 2. The number of benzene rings is 3. The fraction of sp³-hybridized carbons (Fsp3) is 0.296. The topological polar surface area (TPSA) is 28.7 Å². The van der Waals surface area contributed by atoms with Crippen LogP contribution in [0.4, 0.5) is 0 Å². The molecule has 1 aromatic heterocycles. The standard InChI is InChI=1S/C13H11N.C6H6.C2H3N.3C2H6/c1-14-12-8-4-2-6-10(12)11-7-3-5-9-13(11)14;1-2-4-6-5-3-1;1-2-3;3*1-2/h2-9H,1H3;1-6H;1H3;3*1-2H3. The van der Waals surface area contributed by atoms with E-state index < -0.39 is 0 Å². The molecule has 0 aliphatic rings. The highest BCUT2D eigenvalue weighted by Crippen LogP contribution is 2.26. The SMILES string of the molecule is CC.CC.CC.CC#N.Cn1c2ccccc2c2ccccc21.c1ccccc1. The van der Waals surface area contributed by atoms with Crippen LogP contribution in [0, 0.1) is 11.3 Å². The maximum Gasteiger partial charge on any atom is 0.0587 e. The minimum Gasteiger partial charge on any atom is -0.344 e. The first kappa shape index (κ1) is 28.2. The van der Waals surface area contributed by atoms with E-state index in [4.69, 9.17) is 5.26 Å². The third kappa shape index (κ3) is 9.63. The monoisotopic (exact) mass is 390 g/mol. The molecule has 0 fully saturated rings. The molecule has 3 aromatic carbocycles. The van der Waals surface area contributed by atoms with Crippen molar-refractivity contribution < 1.29 is 0 Å². The summed E-state index contributed by atoms with van der Waals surface area (Å²) in [6.45, 7) is 13.4. The van der Waals surface area contributed by atoms with Crippen molar-refractivity contribution in [3.63, 3.8) is 0 Å². The molecule has 0 aliphatic heterocycles. The molecule has 156 valence electrons. The smallest absolute Gasteiger partial charge is 0.0587 e. The van der Waals surface area contributed by atoms with E-state index in [-0.39, 0.29) is 0 Å². The third-order valence-electron chi connectivity index (χ3n) is 3.49. The van der Waals surface area contributed by atoms with Gasteiger partial charge in [0, 0.05) is 35.8 Å². The summed E-state index contributed by atoms with van der Waals surface area (Å²) in [5.74, 6) is 0. The molecule has 0 atom stereocenters. The third-order valence-corrected chi connectivity index (χ3v) is 3.49. The highest BCUT2D eigenvalue weighted by atomic mass is 14.9. The van der Waals surface area contributed by atoms with Gasteiger partial charge < -0.3 is 4.57 Å². The molecule has 0 aliphatic carbocycles. The van der Waals surface area contributed by atoms with Crippen LogP contribution in [0.2, 0.25) is 0 Å². The molecule has 0 bridgehead atoms. The molecule has 0 unspecified atom stereocenters. The van der Waals surface area contributed by atoms with Crippen molar-refractivity contribution in [2.75, 3.05) is 0 Å². The Kier molecular flexibility index (Phi) is 19.1. The van der Waals surface area contributed by atoms with E-state index in [2.05, 4.69) is 60.1 Å². The first-order chi connectivity index (χ1) is 14.3. The summed E-state index contributed by atoms with van der Waals surface area (Å²) in [4.78, 5) is 0. The van der Waals surface area contributed by atoms with Crippen LogP contribution in [-0.2, 0) is 7.05 Å². The Morgan fingerprint density at radius 2 is 0.793 bits per heavy atom. The number of nitriles is 1. The number of hydrogen-bond acceptors (Lipinski definition) is 1. The molecule has 0 N–H and O–H groups in total. The summed E-state index contributed by atoms with van der Waals surface area (Å²) < 4.78 is 2.24. The van der Waals surface area contributed by atoms with Crippen LogP contribution < -0.4 is 0 Å². The molecule has 0 saturated carbocycles. The van der Waals surface area contributed by atoms with Crippen molar-refractivity contribution in [2.45, 2.75) is 48.5 Å². The van der Waals surface area contributed by atoms with E-state index in [1.54, 1.807) is 6.07 Å². The molecule has 4 rings (SSSR count). The Labute approximate surface area is 178 Å². The highest BCUT2D eigenvalue weighted by molar-refractivity contribution is 6.07. The van der Waals surface area contributed by atoms with Crippen molar-refractivity contribution >= 4 is 21.8 Å². The quantitative estimate of drug-likeness (QED) is 0.295. The predicted octanol–water partition coefficient (Wildman–Crippen LogP) is 8.63. The van der Waals surface area contributed by atoms with Gasteiger partial charge in [0.1, 0.15) is 0 Å². The van der Waals surface area contributed by atoms with Gasteiger partial charge in [-0.1, -0.05) is 114 Å². The lowest BCUT2D eigenvalue weighted by Gasteiger charge is -1.95. The van der Waals surface area contributed by atoms with Crippen LogP contribution in [0.15, 0.2) is 84.9 Å². The maximum atomic E-state index is 7.32. The molecule has 0 spiro atoms. The molecule has 2 heteroatoms. The molecule has 29 heavy (non-hydrogen) atoms. The molecular formula is C27H38N2. The zero-order chi connectivity index (χ0) is 22.5. The molecule has 0 radical (unpaired) electrons. The minimum atomic E-state index is 1.30. The van der Waals surface area contributed by atoms with Crippen LogP contribution >= 0.6 is 0 Å². The lowest BCUT2D eigenvalue weighted by atomic mass is 10.2. The Bertz CT molecular complexity index is 820. The summed E-state index contributed by atoms with van der Waals surface area (Å²) in [6.07, 6.45) is 0. The zero-order valence-corrected chi connectivity index (χ0v) is 19.5. The summed E-state index contributed by atoms with van der Waals surface area (Å²) in [6, 6.07) is 30.8. The van der Waals surface area contributed by atoms with Gasteiger partial charge in [-0.3, -0.25) is 0 Å². The second-order valence-electron chi connectivity index (χ2n) is 4.97. The van der Waals surface area contributed by atoms with Gasteiger partial charge >= 0.3 is 0 Å². The van der Waals surface area contributed by atoms with E-state index >= 15 is 0 Å². The van der Waals surface area contributed by atoms with Gasteiger partial charge in [0.05, 0.1) is 6.07 Å². The minimum absolute atomic E-state index is 1.30. The average Bonchev–Trinajstić information content (AvgIpc) is 3.13. The van der Waals surface area contributed by atoms with E-state index in [0.29, 0.717) is 0 Å². The van der Waals surface area contributed by atoms with Crippen molar-refractivity contribution in [1.29, 1.82) is 5.26 Å². The van der Waals surface area contributed by atoms with Crippen molar-refractivity contribution in [3.8, 4) is 6.07 Å². The van der Waals surface area contributed by atoms with Gasteiger partial charge in [-0.2, -0.15) is 5.26 Å². The Hall–Kier alpha value is -3.05. The van der Waals surface area contributed by atoms with Crippen molar-refractivity contribution in [1.82, 2.24) is 4.57 Å². The second-order valence-corrected chi connectivity index (χ2v) is 4.97. The van der Waals surface area contributed by atoms with Gasteiger partial charge in [-0.15, -0.1) is 0 Å². The van der Waals surface area contributed by atoms with Crippen molar-refractivity contribution in [2.24, 2.45) is 7.05 Å². The van der Waals surface area contributed by atoms with Crippen LogP contribution in [0.25, 0.3) is 21.8 Å². The molecule has 4 aromatic rings. The Morgan fingerprint density at radius 1 is 0.552 bits per heavy atom. The fourth-order valence-corrected chi connectivity index (χ4v) is 2.50. The van der Waals surface area contributed by atoms with Crippen LogP contribution in [0.3, 0.4) is 0 Å². The lowest BCUT2D eigenvalue weighted by molar-refractivity contribution is 1.01. The molecule has 0 amide bonds. The van der Waals surface area contributed by atoms with E-state index in [0.717, 1.165) is 0 Å². The molecular weight excluding hydrogens is 352 g/mol. The molecule has 0 saturated heterocycles. The van der Waals surface area contributed by atoms with Crippen LogP contribution in [-0.4, -0.2) is 4.57 Å². The predicted molar refractivity (Wildman–Crippen MR) is 132 cm³/mol. The summed E-state index contributed by atoms with van der Waals surface area (Å²) in [5, 5.41) is 10.00. The summed E-state index contributed by atoms with van der Waals surface area (Å²) in [5.41, 5.74) is 2.60. The van der Waals surface area contributed by atoms with Gasteiger partial charge in [0.15, 0.2) is 0 Å². The number of aryl methyl sites for hydroxylation is 1. The molecule has 2 nitrogen and oxygen atoms in total. The highest BCUT2D eigenvalue weighted by Gasteiger charge is 2.04. The Morgan fingerprint density at radius 3 is 1.07 bits per heavy atom. The van der Waals surface area contributed by atoms with E-state index in [9.17, 15) is 0 Å². The van der Waals surface area contributed by atoms with Crippen molar-refractivity contribution in [3.05, 3.63) is 84.9 Å². The average molecular weight is 391 g/mol. The first-order valence-electron chi connectivity index (χ1n) is 10.5. The number of aromatic nitrogens is 1. The van der Waals surface area contributed by atoms with Gasteiger partial charge in [-0.25, -0.2) is 0 Å². The fourth-order valence-electron chi connectivity index (χ4n) is 2.50. The second kappa shape index (κ2) is 19.7. The Balaban J connectivity index is 0. The lowest BCUT2D eigenvalue weighted by Crippen LogP contribution is -1.84. The van der Waals surface area contributed by atoms with Gasteiger partial charge in [0.25, 0.3) is 0 Å². The van der Waals surface area contributed by atoms with Gasteiger partial charge in [-0.05, 0) is 12.1 Å². The molecule has 1 heterocycles. The zero-order valence-electron chi connectivity index (χ0n) is 19.5. The number of rotatable bonds is 0. The maximum absolute atomic E-state index is 7.32. The first-order valence-corrected chi connectivity index (χ1v) is 10.5. The van der Waals surface area contributed by atoms with E-state index in [1.165, 1.54) is 28.7 Å². The summed E-state index contributed by atoms with van der Waals surface area (Å²) >= 11 is 0. The number of para-hydroxylation sites is 2. The van der Waals surface area contributed by atoms with Crippen LogP contribution in [0.1, 0.15) is 48.5 Å². The number of hydrogen-bond donors (Lipinski definition) is 0. The number of fused-ring (bicyclic) bond motifs is 3. The normalized spacial score (nSPS) is 7.97.